The lowest BCUT2D eigenvalue weighted by molar-refractivity contribution is -0.140. The fourth-order valence-electron chi connectivity index (χ4n) is 2.53. The molecule has 0 atom stereocenters. The van der Waals surface area contributed by atoms with Gasteiger partial charge in [-0.05, 0) is 11.1 Å². The standard InChI is InChI=1S/C20H19N3O2S/c1-25-18(24)11-10-17-12-26-20(23-17)16-8-4-14(5-9-16)13-2-6-15(7-3-13)19(21)22/h2-9,12H,10-11H2,1H3,(H3,21,22). The minimum atomic E-state index is -0.223. The van der Waals surface area contributed by atoms with Crippen LogP contribution in [0.1, 0.15) is 17.7 Å². The molecule has 6 heteroatoms. The Kier molecular flexibility index (Phi) is 5.43. The molecule has 5 nitrogen and oxygen atoms in total. The molecule has 0 amide bonds. The maximum absolute atomic E-state index is 11.2. The zero-order valence-corrected chi connectivity index (χ0v) is 15.2. The Balaban J connectivity index is 1.72. The molecule has 0 aliphatic rings. The minimum absolute atomic E-state index is 0.0682. The maximum atomic E-state index is 11.2. The van der Waals surface area contributed by atoms with Crippen LogP contribution in [-0.2, 0) is 16.0 Å². The van der Waals surface area contributed by atoms with Crippen LogP contribution in [0.25, 0.3) is 21.7 Å². The van der Waals surface area contributed by atoms with Gasteiger partial charge >= 0.3 is 5.97 Å². The summed E-state index contributed by atoms with van der Waals surface area (Å²) < 4.78 is 4.66. The summed E-state index contributed by atoms with van der Waals surface area (Å²) in [5.74, 6) is -0.154. The summed E-state index contributed by atoms with van der Waals surface area (Å²) in [5.41, 5.74) is 10.3. The lowest BCUT2D eigenvalue weighted by atomic mass is 10.0. The van der Waals surface area contributed by atoms with E-state index in [1.807, 2.05) is 53.9 Å². The zero-order valence-electron chi connectivity index (χ0n) is 14.4. The number of nitrogen functional groups attached to an aromatic ring is 1. The summed E-state index contributed by atoms with van der Waals surface area (Å²) in [6, 6.07) is 15.8. The molecule has 0 aliphatic heterocycles. The molecule has 0 unspecified atom stereocenters. The molecule has 2 aromatic carbocycles. The fraction of sp³-hybridized carbons (Fsp3) is 0.150. The Hall–Kier alpha value is -2.99. The molecule has 0 saturated carbocycles. The van der Waals surface area contributed by atoms with E-state index >= 15 is 0 Å². The summed E-state index contributed by atoms with van der Waals surface area (Å²) in [6.07, 6.45) is 0.929. The second-order valence-electron chi connectivity index (χ2n) is 5.79. The van der Waals surface area contributed by atoms with Crippen LogP contribution in [0.5, 0.6) is 0 Å². The summed E-state index contributed by atoms with van der Waals surface area (Å²) >= 11 is 1.57. The van der Waals surface area contributed by atoms with Crippen LogP contribution in [0.15, 0.2) is 53.9 Å². The second-order valence-corrected chi connectivity index (χ2v) is 6.65. The number of aromatic nitrogens is 1. The summed E-state index contributed by atoms with van der Waals surface area (Å²) in [6.45, 7) is 0. The molecule has 0 bridgehead atoms. The summed E-state index contributed by atoms with van der Waals surface area (Å²) in [5, 5.41) is 10.4. The highest BCUT2D eigenvalue weighted by molar-refractivity contribution is 7.13. The number of esters is 1. The molecule has 1 heterocycles. The first kappa shape index (κ1) is 17.8. The Morgan fingerprint density at radius 2 is 1.65 bits per heavy atom. The molecule has 0 fully saturated rings. The van der Waals surface area contributed by atoms with Gasteiger partial charge in [0.05, 0.1) is 19.2 Å². The van der Waals surface area contributed by atoms with Crippen LogP contribution in [0.2, 0.25) is 0 Å². The van der Waals surface area contributed by atoms with Crippen LogP contribution in [0.4, 0.5) is 0 Å². The van der Waals surface area contributed by atoms with E-state index in [1.165, 1.54) is 7.11 Å². The number of hydrogen-bond donors (Lipinski definition) is 2. The van der Waals surface area contributed by atoms with Gasteiger partial charge in [-0.1, -0.05) is 48.5 Å². The molecule has 0 radical (unpaired) electrons. The molecule has 0 spiro atoms. The monoisotopic (exact) mass is 365 g/mol. The van der Waals surface area contributed by atoms with Gasteiger partial charge in [0.15, 0.2) is 0 Å². The molecule has 0 aliphatic carbocycles. The van der Waals surface area contributed by atoms with E-state index in [2.05, 4.69) is 9.72 Å². The molecule has 1 aromatic heterocycles. The van der Waals surface area contributed by atoms with Crippen LogP contribution in [0.3, 0.4) is 0 Å². The fourth-order valence-corrected chi connectivity index (χ4v) is 3.39. The summed E-state index contributed by atoms with van der Waals surface area (Å²) in [7, 11) is 1.39. The average molecular weight is 365 g/mol. The Morgan fingerprint density at radius 3 is 2.23 bits per heavy atom. The molecule has 3 aromatic rings. The zero-order chi connectivity index (χ0) is 18.5. The highest BCUT2D eigenvalue weighted by Crippen LogP contribution is 2.27. The second kappa shape index (κ2) is 7.93. The third kappa shape index (κ3) is 4.15. The van der Waals surface area contributed by atoms with Gasteiger partial charge in [-0.2, -0.15) is 0 Å². The lowest BCUT2D eigenvalue weighted by Gasteiger charge is -2.04. The van der Waals surface area contributed by atoms with E-state index < -0.39 is 0 Å². The number of carbonyl (C=O) groups is 1. The highest BCUT2D eigenvalue weighted by atomic mass is 32.1. The maximum Gasteiger partial charge on any atom is 0.305 e. The number of methoxy groups -OCH3 is 1. The first-order chi connectivity index (χ1) is 12.6. The third-order valence-corrected chi connectivity index (χ3v) is 4.97. The van der Waals surface area contributed by atoms with Crippen molar-refractivity contribution in [3.05, 3.63) is 65.2 Å². The van der Waals surface area contributed by atoms with Crippen molar-refractivity contribution in [2.24, 2.45) is 5.73 Å². The number of hydrogen-bond acceptors (Lipinski definition) is 5. The number of nitrogens with one attached hydrogen (secondary N) is 1. The smallest absolute Gasteiger partial charge is 0.305 e. The van der Waals surface area contributed by atoms with E-state index in [0.29, 0.717) is 18.4 Å². The molecule has 3 N–H and O–H groups in total. The van der Waals surface area contributed by atoms with Gasteiger partial charge in [-0.15, -0.1) is 11.3 Å². The van der Waals surface area contributed by atoms with Crippen LogP contribution in [0, 0.1) is 5.41 Å². The van der Waals surface area contributed by atoms with E-state index in [1.54, 1.807) is 11.3 Å². The number of carbonyl (C=O) groups excluding carboxylic acids is 1. The van der Waals surface area contributed by atoms with Gasteiger partial charge in [0.25, 0.3) is 0 Å². The Labute approximate surface area is 156 Å². The van der Waals surface area contributed by atoms with Crippen molar-refractivity contribution in [1.29, 1.82) is 5.41 Å². The average Bonchev–Trinajstić information content (AvgIpc) is 3.15. The number of aryl methyl sites for hydroxylation is 1. The molecule has 132 valence electrons. The van der Waals surface area contributed by atoms with Crippen molar-refractivity contribution in [3.63, 3.8) is 0 Å². The third-order valence-electron chi connectivity index (χ3n) is 4.03. The number of thiazole rings is 1. The number of nitrogens with zero attached hydrogens (tertiary/aromatic N) is 1. The first-order valence-electron chi connectivity index (χ1n) is 8.13. The van der Waals surface area contributed by atoms with Crippen LogP contribution >= 0.6 is 11.3 Å². The number of ether oxygens (including phenoxy) is 1. The van der Waals surface area contributed by atoms with Crippen molar-refractivity contribution in [2.75, 3.05) is 7.11 Å². The predicted octanol–water partition coefficient (Wildman–Crippen LogP) is 3.87. The van der Waals surface area contributed by atoms with Gasteiger partial charge in [0.2, 0.25) is 0 Å². The van der Waals surface area contributed by atoms with Gasteiger partial charge in [-0.25, -0.2) is 4.98 Å². The molecule has 26 heavy (non-hydrogen) atoms. The number of rotatable bonds is 6. The normalized spacial score (nSPS) is 10.5. The lowest BCUT2D eigenvalue weighted by Crippen LogP contribution is -2.10. The van der Waals surface area contributed by atoms with E-state index in [4.69, 9.17) is 11.1 Å². The Bertz CT molecular complexity index is 915. The number of amidine groups is 1. The highest BCUT2D eigenvalue weighted by Gasteiger charge is 2.08. The minimum Gasteiger partial charge on any atom is -0.469 e. The summed E-state index contributed by atoms with van der Waals surface area (Å²) in [4.78, 5) is 15.8. The Morgan fingerprint density at radius 1 is 1.08 bits per heavy atom. The quantitative estimate of drug-likeness (QED) is 0.394. The van der Waals surface area contributed by atoms with Crippen molar-refractivity contribution in [3.8, 4) is 21.7 Å². The number of nitrogens with two attached hydrogens (primary N) is 1. The van der Waals surface area contributed by atoms with E-state index in [9.17, 15) is 4.79 Å². The van der Waals surface area contributed by atoms with E-state index in [-0.39, 0.29) is 11.8 Å². The van der Waals surface area contributed by atoms with Crippen LogP contribution in [-0.4, -0.2) is 23.9 Å². The SMILES string of the molecule is COC(=O)CCc1csc(-c2ccc(-c3ccc(C(=N)N)cc3)cc2)n1. The van der Waals surface area contributed by atoms with Gasteiger partial charge in [0.1, 0.15) is 10.8 Å². The molecular weight excluding hydrogens is 346 g/mol. The molecule has 0 saturated heterocycles. The van der Waals surface area contributed by atoms with E-state index in [0.717, 1.165) is 27.4 Å². The molecule has 3 rings (SSSR count). The van der Waals surface area contributed by atoms with Crippen molar-refractivity contribution < 1.29 is 9.53 Å². The first-order valence-corrected chi connectivity index (χ1v) is 9.01. The van der Waals surface area contributed by atoms with Crippen molar-refractivity contribution in [1.82, 2.24) is 4.98 Å². The van der Waals surface area contributed by atoms with Crippen molar-refractivity contribution in [2.45, 2.75) is 12.8 Å². The van der Waals surface area contributed by atoms with Gasteiger partial charge < -0.3 is 10.5 Å². The molecular formula is C20H19N3O2S. The number of benzene rings is 2. The largest absolute Gasteiger partial charge is 0.469 e. The van der Waals surface area contributed by atoms with Gasteiger partial charge in [0, 0.05) is 22.9 Å². The van der Waals surface area contributed by atoms with Crippen molar-refractivity contribution >= 4 is 23.1 Å². The predicted molar refractivity (Wildman–Crippen MR) is 104 cm³/mol. The topological polar surface area (TPSA) is 89.1 Å². The van der Waals surface area contributed by atoms with Crippen LogP contribution < -0.4 is 5.73 Å². The van der Waals surface area contributed by atoms with Gasteiger partial charge in [-0.3, -0.25) is 10.2 Å².